The topological polar surface area (TPSA) is 58.2 Å². The van der Waals surface area contributed by atoms with Gasteiger partial charge in [0, 0.05) is 10.5 Å². The van der Waals surface area contributed by atoms with E-state index in [0.29, 0.717) is 12.0 Å². The molecule has 0 aromatic heterocycles. The lowest BCUT2D eigenvalue weighted by molar-refractivity contribution is -0.123. The van der Waals surface area contributed by atoms with Crippen LogP contribution in [0.1, 0.15) is 42.5 Å². The van der Waals surface area contributed by atoms with Crippen molar-refractivity contribution in [2.24, 2.45) is 0 Å². The van der Waals surface area contributed by atoms with Gasteiger partial charge in [-0.05, 0) is 59.3 Å². The van der Waals surface area contributed by atoms with Crippen molar-refractivity contribution in [3.63, 3.8) is 0 Å². The molecule has 1 aliphatic carbocycles. The molecule has 1 fully saturated rings. The summed E-state index contributed by atoms with van der Waals surface area (Å²) >= 11 is 5.06. The van der Waals surface area contributed by atoms with Crippen LogP contribution in [0, 0.1) is 0 Å². The van der Waals surface area contributed by atoms with Gasteiger partial charge in [0.15, 0.2) is 0 Å². The maximum absolute atomic E-state index is 12.5. The molecule has 1 atom stereocenters. The van der Waals surface area contributed by atoms with Gasteiger partial charge in [-0.25, -0.2) is 0 Å². The van der Waals surface area contributed by atoms with Crippen molar-refractivity contribution < 1.29 is 9.59 Å². The van der Waals surface area contributed by atoms with E-state index in [0.717, 1.165) is 23.1 Å². The first-order chi connectivity index (χ1) is 11.1. The molecule has 2 amide bonds. The molecule has 0 heterocycles. The molecule has 6 heteroatoms. The Hall–Kier alpha value is -1.01. The number of thioether (sulfide) groups is 1. The Kier molecular flexibility index (Phi) is 7.43. The SMILES string of the molecule is CSCC[C@H](NC(=O)c1ccccc1Br)C(=O)NC1CCCC1. The van der Waals surface area contributed by atoms with Gasteiger partial charge in [0.05, 0.1) is 5.56 Å². The molecule has 1 aliphatic rings. The highest BCUT2D eigenvalue weighted by Crippen LogP contribution is 2.19. The fourth-order valence-corrected chi connectivity index (χ4v) is 3.69. The molecule has 1 aromatic carbocycles. The van der Waals surface area contributed by atoms with E-state index in [1.807, 2.05) is 24.5 Å². The molecule has 0 bridgehead atoms. The summed E-state index contributed by atoms with van der Waals surface area (Å²) in [6, 6.07) is 7.03. The van der Waals surface area contributed by atoms with Crippen LogP contribution in [0.15, 0.2) is 28.7 Å². The van der Waals surface area contributed by atoms with Crippen molar-refractivity contribution in [3.8, 4) is 0 Å². The second kappa shape index (κ2) is 9.33. The van der Waals surface area contributed by atoms with Crippen molar-refractivity contribution in [1.29, 1.82) is 0 Å². The van der Waals surface area contributed by atoms with Crippen LogP contribution in [-0.2, 0) is 4.79 Å². The lowest BCUT2D eigenvalue weighted by Crippen LogP contribution is -2.49. The van der Waals surface area contributed by atoms with Gasteiger partial charge in [-0.2, -0.15) is 11.8 Å². The summed E-state index contributed by atoms with van der Waals surface area (Å²) in [5.41, 5.74) is 0.551. The van der Waals surface area contributed by atoms with E-state index in [2.05, 4.69) is 26.6 Å². The molecule has 1 aromatic rings. The number of halogens is 1. The number of amides is 2. The molecule has 23 heavy (non-hydrogen) atoms. The van der Waals surface area contributed by atoms with Crippen molar-refractivity contribution in [1.82, 2.24) is 10.6 Å². The summed E-state index contributed by atoms with van der Waals surface area (Å²) in [6.07, 6.45) is 7.06. The minimum Gasteiger partial charge on any atom is -0.352 e. The molecular formula is C17H23BrN2O2S. The summed E-state index contributed by atoms with van der Waals surface area (Å²) in [6.45, 7) is 0. The predicted octanol–water partition coefficient (Wildman–Crippen LogP) is 3.36. The first-order valence-corrected chi connectivity index (χ1v) is 10.1. The lowest BCUT2D eigenvalue weighted by atomic mass is 10.1. The Morgan fingerprint density at radius 3 is 2.65 bits per heavy atom. The third-order valence-corrected chi connectivity index (χ3v) is 5.39. The predicted molar refractivity (Wildman–Crippen MR) is 98.8 cm³/mol. The average molecular weight is 399 g/mol. The zero-order valence-corrected chi connectivity index (χ0v) is 15.7. The number of hydrogen-bond donors (Lipinski definition) is 2. The van der Waals surface area contributed by atoms with Crippen molar-refractivity contribution in [2.45, 2.75) is 44.2 Å². The number of carbonyl (C=O) groups excluding carboxylic acids is 2. The molecular weight excluding hydrogens is 376 g/mol. The zero-order valence-electron chi connectivity index (χ0n) is 13.3. The fourth-order valence-electron chi connectivity index (χ4n) is 2.76. The lowest BCUT2D eigenvalue weighted by Gasteiger charge is -2.21. The molecule has 2 rings (SSSR count). The van der Waals surface area contributed by atoms with Crippen molar-refractivity contribution >= 4 is 39.5 Å². The summed E-state index contributed by atoms with van der Waals surface area (Å²) in [7, 11) is 0. The first kappa shape index (κ1) is 18.3. The van der Waals surface area contributed by atoms with E-state index in [4.69, 9.17) is 0 Å². The summed E-state index contributed by atoms with van der Waals surface area (Å²) in [5.74, 6) is 0.551. The van der Waals surface area contributed by atoms with Crippen LogP contribution in [-0.4, -0.2) is 35.9 Å². The van der Waals surface area contributed by atoms with E-state index in [9.17, 15) is 9.59 Å². The van der Waals surface area contributed by atoms with E-state index in [1.54, 1.807) is 17.8 Å². The number of hydrogen-bond acceptors (Lipinski definition) is 3. The molecule has 2 N–H and O–H groups in total. The maximum atomic E-state index is 12.5. The molecule has 0 spiro atoms. The number of benzene rings is 1. The molecule has 126 valence electrons. The summed E-state index contributed by atoms with van der Waals surface area (Å²) in [5, 5.41) is 5.97. The van der Waals surface area contributed by atoms with Gasteiger partial charge in [0.1, 0.15) is 6.04 Å². The highest BCUT2D eigenvalue weighted by molar-refractivity contribution is 9.10. The van der Waals surface area contributed by atoms with E-state index in [-0.39, 0.29) is 17.9 Å². The van der Waals surface area contributed by atoms with Gasteiger partial charge < -0.3 is 10.6 Å². The highest BCUT2D eigenvalue weighted by atomic mass is 79.9. The van der Waals surface area contributed by atoms with Crippen LogP contribution in [0.25, 0.3) is 0 Å². The minimum atomic E-state index is -0.484. The van der Waals surface area contributed by atoms with Gasteiger partial charge in [-0.3, -0.25) is 9.59 Å². The van der Waals surface area contributed by atoms with Crippen LogP contribution in [0.2, 0.25) is 0 Å². The Bertz CT molecular complexity index is 547. The first-order valence-electron chi connectivity index (χ1n) is 7.96. The quantitative estimate of drug-likeness (QED) is 0.739. The monoisotopic (exact) mass is 398 g/mol. The largest absolute Gasteiger partial charge is 0.352 e. The van der Waals surface area contributed by atoms with Crippen LogP contribution < -0.4 is 10.6 Å². The second-order valence-corrected chi connectivity index (χ2v) is 7.62. The van der Waals surface area contributed by atoms with Crippen molar-refractivity contribution in [3.05, 3.63) is 34.3 Å². The van der Waals surface area contributed by atoms with Crippen LogP contribution in [0.3, 0.4) is 0 Å². The molecule has 0 radical (unpaired) electrons. The Morgan fingerprint density at radius 2 is 2.00 bits per heavy atom. The third kappa shape index (κ3) is 5.53. The number of carbonyl (C=O) groups is 2. The molecule has 0 unspecified atom stereocenters. The second-order valence-electron chi connectivity index (χ2n) is 5.78. The minimum absolute atomic E-state index is 0.0636. The van der Waals surface area contributed by atoms with Gasteiger partial charge in [-0.15, -0.1) is 0 Å². The number of rotatable bonds is 7. The normalized spacial score (nSPS) is 16.1. The van der Waals surface area contributed by atoms with Crippen molar-refractivity contribution in [2.75, 3.05) is 12.0 Å². The summed E-state index contributed by atoms with van der Waals surface area (Å²) < 4.78 is 0.734. The van der Waals surface area contributed by atoms with E-state index in [1.165, 1.54) is 12.8 Å². The average Bonchev–Trinajstić information content (AvgIpc) is 3.04. The molecule has 0 aliphatic heterocycles. The van der Waals surface area contributed by atoms with Crippen LogP contribution in [0.4, 0.5) is 0 Å². The maximum Gasteiger partial charge on any atom is 0.253 e. The molecule has 4 nitrogen and oxygen atoms in total. The van der Waals surface area contributed by atoms with Crippen LogP contribution in [0.5, 0.6) is 0 Å². The summed E-state index contributed by atoms with van der Waals surface area (Å²) in [4.78, 5) is 25.0. The van der Waals surface area contributed by atoms with Gasteiger partial charge in [0.2, 0.25) is 5.91 Å². The third-order valence-electron chi connectivity index (χ3n) is 4.05. The molecule has 1 saturated carbocycles. The standard InChI is InChI=1S/C17H23BrN2O2S/c1-23-11-10-15(17(22)19-12-6-2-3-7-12)20-16(21)13-8-4-5-9-14(13)18/h4-5,8-9,12,15H,2-3,6-7,10-11H2,1H3,(H,19,22)(H,20,21)/t15-/m0/s1. The number of nitrogens with one attached hydrogen (secondary N) is 2. The Labute approximate surface area is 150 Å². The van der Waals surface area contributed by atoms with E-state index >= 15 is 0 Å². The zero-order chi connectivity index (χ0) is 16.7. The van der Waals surface area contributed by atoms with Gasteiger partial charge >= 0.3 is 0 Å². The van der Waals surface area contributed by atoms with Crippen LogP contribution >= 0.6 is 27.7 Å². The van der Waals surface area contributed by atoms with Gasteiger partial charge in [-0.1, -0.05) is 25.0 Å². The Balaban J connectivity index is 2.00. The van der Waals surface area contributed by atoms with Gasteiger partial charge in [0.25, 0.3) is 5.91 Å². The fraction of sp³-hybridized carbons (Fsp3) is 0.529. The smallest absolute Gasteiger partial charge is 0.253 e. The highest BCUT2D eigenvalue weighted by Gasteiger charge is 2.25. The molecule has 0 saturated heterocycles. The van der Waals surface area contributed by atoms with E-state index < -0.39 is 6.04 Å². The Morgan fingerprint density at radius 1 is 1.30 bits per heavy atom.